The zero-order chi connectivity index (χ0) is 17.7. The highest BCUT2D eigenvalue weighted by atomic mass is 35.5. The van der Waals surface area contributed by atoms with Gasteiger partial charge in [-0.2, -0.15) is 0 Å². The van der Waals surface area contributed by atoms with Crippen LogP contribution in [0.15, 0.2) is 24.3 Å². The Balaban J connectivity index is 2.15. The number of nitrogens with zero attached hydrogens (tertiary/aromatic N) is 2. The molecule has 3 N–H and O–H groups in total. The van der Waals surface area contributed by atoms with E-state index in [0.29, 0.717) is 6.42 Å². The van der Waals surface area contributed by atoms with Crippen molar-refractivity contribution >= 4 is 29.1 Å². The lowest BCUT2D eigenvalue weighted by molar-refractivity contribution is 0.0839. The van der Waals surface area contributed by atoms with E-state index in [4.69, 9.17) is 33.9 Å². The zero-order valence-corrected chi connectivity index (χ0v) is 14.9. The van der Waals surface area contributed by atoms with Crippen molar-refractivity contribution in [1.82, 2.24) is 15.5 Å². The molecule has 6 nitrogen and oxygen atoms in total. The SMILES string of the molecule is Cc1ccc(CC(CON)NC(=O)c2cc(Cl)nnc2Cl)c(C)c1. The fourth-order valence-corrected chi connectivity index (χ4v) is 2.71. The van der Waals surface area contributed by atoms with Crippen molar-refractivity contribution in [2.75, 3.05) is 6.61 Å². The van der Waals surface area contributed by atoms with Gasteiger partial charge in [0.2, 0.25) is 0 Å². The third-order valence-corrected chi connectivity index (χ3v) is 4.02. The lowest BCUT2D eigenvalue weighted by atomic mass is 9.99. The van der Waals surface area contributed by atoms with E-state index in [1.165, 1.54) is 11.6 Å². The number of carbonyl (C=O) groups is 1. The summed E-state index contributed by atoms with van der Waals surface area (Å²) in [5, 5.41) is 10.1. The number of aromatic nitrogens is 2. The second kappa shape index (κ2) is 8.39. The molecule has 1 amide bonds. The monoisotopic (exact) mass is 368 g/mol. The number of hydrogen-bond acceptors (Lipinski definition) is 5. The van der Waals surface area contributed by atoms with E-state index in [0.717, 1.165) is 11.1 Å². The van der Waals surface area contributed by atoms with Crippen molar-refractivity contribution < 1.29 is 9.63 Å². The van der Waals surface area contributed by atoms with Crippen LogP contribution in [0, 0.1) is 13.8 Å². The van der Waals surface area contributed by atoms with E-state index >= 15 is 0 Å². The number of nitrogens with one attached hydrogen (secondary N) is 1. The van der Waals surface area contributed by atoms with Crippen LogP contribution in [0.4, 0.5) is 0 Å². The Morgan fingerprint density at radius 2 is 2.04 bits per heavy atom. The lowest BCUT2D eigenvalue weighted by Gasteiger charge is -2.19. The van der Waals surface area contributed by atoms with Gasteiger partial charge in [0.15, 0.2) is 10.3 Å². The summed E-state index contributed by atoms with van der Waals surface area (Å²) in [6, 6.07) is 7.17. The minimum atomic E-state index is -0.413. The first-order valence-electron chi connectivity index (χ1n) is 7.28. The van der Waals surface area contributed by atoms with Crippen LogP contribution in [0.2, 0.25) is 10.3 Å². The van der Waals surface area contributed by atoms with E-state index in [1.807, 2.05) is 26.0 Å². The highest BCUT2D eigenvalue weighted by Crippen LogP contribution is 2.17. The van der Waals surface area contributed by atoms with Gasteiger partial charge in [-0.05, 0) is 37.5 Å². The summed E-state index contributed by atoms with van der Waals surface area (Å²) in [6.07, 6.45) is 0.568. The molecule has 0 bridgehead atoms. The predicted molar refractivity (Wildman–Crippen MR) is 93.1 cm³/mol. The number of nitrogens with two attached hydrogens (primary N) is 1. The Morgan fingerprint density at radius 1 is 1.29 bits per heavy atom. The number of amides is 1. The molecule has 2 aromatic rings. The summed E-state index contributed by atoms with van der Waals surface area (Å²) in [5.41, 5.74) is 3.56. The van der Waals surface area contributed by atoms with Crippen LogP contribution in [0.5, 0.6) is 0 Å². The van der Waals surface area contributed by atoms with Crippen LogP contribution in [0.25, 0.3) is 0 Å². The van der Waals surface area contributed by atoms with Crippen LogP contribution in [-0.2, 0) is 11.3 Å². The highest BCUT2D eigenvalue weighted by Gasteiger charge is 2.19. The van der Waals surface area contributed by atoms with Gasteiger partial charge in [0.1, 0.15) is 0 Å². The number of carbonyl (C=O) groups excluding carboxylic acids is 1. The number of rotatable bonds is 6. The first-order chi connectivity index (χ1) is 11.4. The maximum Gasteiger partial charge on any atom is 0.254 e. The molecular weight excluding hydrogens is 351 g/mol. The Kier molecular flexibility index (Phi) is 6.51. The van der Waals surface area contributed by atoms with Crippen molar-refractivity contribution in [2.24, 2.45) is 5.90 Å². The molecule has 128 valence electrons. The summed E-state index contributed by atoms with van der Waals surface area (Å²) < 4.78 is 0. The van der Waals surface area contributed by atoms with Gasteiger partial charge in [-0.15, -0.1) is 10.2 Å². The Hall–Kier alpha value is -1.73. The summed E-state index contributed by atoms with van der Waals surface area (Å²) in [4.78, 5) is 17.1. The molecule has 0 aliphatic rings. The number of benzene rings is 1. The van der Waals surface area contributed by atoms with Gasteiger partial charge in [0, 0.05) is 0 Å². The highest BCUT2D eigenvalue weighted by molar-refractivity contribution is 6.34. The third-order valence-electron chi connectivity index (χ3n) is 3.56. The zero-order valence-electron chi connectivity index (χ0n) is 13.3. The van der Waals surface area contributed by atoms with Crippen molar-refractivity contribution in [3.8, 4) is 0 Å². The summed E-state index contributed by atoms with van der Waals surface area (Å²) in [6.45, 7) is 4.21. The van der Waals surface area contributed by atoms with E-state index in [9.17, 15) is 4.79 Å². The molecule has 24 heavy (non-hydrogen) atoms. The Bertz CT molecular complexity index is 740. The van der Waals surface area contributed by atoms with E-state index in [1.54, 1.807) is 0 Å². The standard InChI is InChI=1S/C16H18Cl2N4O2/c1-9-3-4-11(10(2)5-9)6-12(8-24-19)20-16(23)13-7-14(17)21-22-15(13)18/h3-5,7,12H,6,8,19H2,1-2H3,(H,20,23). The van der Waals surface area contributed by atoms with Crippen molar-refractivity contribution in [1.29, 1.82) is 0 Å². The summed E-state index contributed by atoms with van der Waals surface area (Å²) in [5.74, 6) is 4.78. The van der Waals surface area contributed by atoms with Crippen LogP contribution >= 0.6 is 23.2 Å². The Morgan fingerprint density at radius 3 is 2.71 bits per heavy atom. The van der Waals surface area contributed by atoms with Gasteiger partial charge >= 0.3 is 0 Å². The fourth-order valence-electron chi connectivity index (χ4n) is 2.38. The fraction of sp³-hybridized carbons (Fsp3) is 0.312. The van der Waals surface area contributed by atoms with Crippen LogP contribution in [-0.4, -0.2) is 28.8 Å². The quantitative estimate of drug-likeness (QED) is 0.764. The minimum absolute atomic E-state index is 0.0177. The molecule has 0 radical (unpaired) electrons. The van der Waals surface area contributed by atoms with Crippen molar-refractivity contribution in [2.45, 2.75) is 26.3 Å². The smallest absolute Gasteiger partial charge is 0.254 e. The lowest BCUT2D eigenvalue weighted by Crippen LogP contribution is -2.40. The molecule has 1 aromatic carbocycles. The molecule has 0 saturated carbocycles. The normalized spacial score (nSPS) is 12.0. The molecule has 1 atom stereocenters. The van der Waals surface area contributed by atoms with Gasteiger partial charge < -0.3 is 10.2 Å². The molecule has 1 aromatic heterocycles. The van der Waals surface area contributed by atoms with Crippen LogP contribution < -0.4 is 11.2 Å². The van der Waals surface area contributed by atoms with Crippen LogP contribution in [0.1, 0.15) is 27.0 Å². The van der Waals surface area contributed by atoms with Gasteiger partial charge in [-0.3, -0.25) is 4.79 Å². The van der Waals surface area contributed by atoms with Gasteiger partial charge in [-0.1, -0.05) is 47.0 Å². The van der Waals surface area contributed by atoms with E-state index in [-0.39, 0.29) is 28.5 Å². The number of halogens is 2. The topological polar surface area (TPSA) is 90.1 Å². The maximum atomic E-state index is 12.4. The van der Waals surface area contributed by atoms with Gasteiger partial charge in [0.25, 0.3) is 5.91 Å². The first kappa shape index (κ1) is 18.6. The van der Waals surface area contributed by atoms with E-state index in [2.05, 4.69) is 21.6 Å². The third kappa shape index (κ3) is 4.88. The van der Waals surface area contributed by atoms with Crippen molar-refractivity contribution in [3.05, 3.63) is 56.8 Å². The average molecular weight is 369 g/mol. The molecule has 8 heteroatoms. The minimum Gasteiger partial charge on any atom is -0.346 e. The molecule has 0 spiro atoms. The van der Waals surface area contributed by atoms with E-state index < -0.39 is 5.91 Å². The molecule has 1 heterocycles. The molecular formula is C16H18Cl2N4O2. The molecule has 1 unspecified atom stereocenters. The predicted octanol–water partition coefficient (Wildman–Crippen LogP) is 2.63. The molecule has 2 rings (SSSR count). The van der Waals surface area contributed by atoms with Crippen molar-refractivity contribution in [3.63, 3.8) is 0 Å². The van der Waals surface area contributed by atoms with Gasteiger partial charge in [-0.25, -0.2) is 5.90 Å². The maximum absolute atomic E-state index is 12.4. The molecule has 0 saturated heterocycles. The number of hydrogen-bond donors (Lipinski definition) is 2. The first-order valence-corrected chi connectivity index (χ1v) is 8.03. The molecule has 0 fully saturated rings. The Labute approximate surface area is 150 Å². The van der Waals surface area contributed by atoms with Gasteiger partial charge in [0.05, 0.1) is 18.2 Å². The largest absolute Gasteiger partial charge is 0.346 e. The second-order valence-corrected chi connectivity index (χ2v) is 6.25. The summed E-state index contributed by atoms with van der Waals surface area (Å²) in [7, 11) is 0. The molecule has 0 aliphatic heterocycles. The summed E-state index contributed by atoms with van der Waals surface area (Å²) >= 11 is 11.7. The number of aryl methyl sites for hydroxylation is 2. The second-order valence-electron chi connectivity index (χ2n) is 5.51. The average Bonchev–Trinajstić information content (AvgIpc) is 2.52. The molecule has 0 aliphatic carbocycles. The van der Waals surface area contributed by atoms with Crippen LogP contribution in [0.3, 0.4) is 0 Å².